The largest absolute Gasteiger partial charge is 0.503 e. The molecule has 0 fully saturated rings. The van der Waals surface area contributed by atoms with Gasteiger partial charge in [-0.05, 0) is 18.8 Å². The van der Waals surface area contributed by atoms with Crippen LogP contribution >= 0.6 is 11.6 Å². The molecule has 0 spiro atoms. The molecule has 0 aliphatic heterocycles. The van der Waals surface area contributed by atoms with Gasteiger partial charge in [0.15, 0.2) is 0 Å². The molecule has 5 heteroatoms. The van der Waals surface area contributed by atoms with Gasteiger partial charge in [-0.25, -0.2) is 0 Å². The Kier molecular flexibility index (Phi) is 22.5. The third-order valence-corrected chi connectivity index (χ3v) is 10.7. The highest BCUT2D eigenvalue weighted by atomic mass is 35.5. The predicted molar refractivity (Wildman–Crippen MR) is 139 cm³/mol. The van der Waals surface area contributed by atoms with Gasteiger partial charge in [-0.15, -0.1) is 11.6 Å². The summed E-state index contributed by atoms with van der Waals surface area (Å²) in [5.41, 5.74) is 0.331. The average Bonchev–Trinajstić information content (AvgIpc) is 2.79. The second-order valence-corrected chi connectivity index (χ2v) is 12.8. The molecule has 31 heavy (non-hydrogen) atoms. The van der Waals surface area contributed by atoms with Crippen LogP contribution in [0, 0.1) is 5.92 Å². The van der Waals surface area contributed by atoms with E-state index in [9.17, 15) is 0 Å². The van der Waals surface area contributed by atoms with Gasteiger partial charge in [0, 0.05) is 32.8 Å². The molecule has 0 aromatic heterocycles. The van der Waals surface area contributed by atoms with E-state index in [0.29, 0.717) is 17.3 Å². The van der Waals surface area contributed by atoms with E-state index >= 15 is 0 Å². The molecule has 0 aromatic rings. The van der Waals surface area contributed by atoms with Gasteiger partial charge < -0.3 is 13.3 Å². The van der Waals surface area contributed by atoms with Crippen molar-refractivity contribution in [3.8, 4) is 0 Å². The maximum atomic E-state index is 6.14. The summed E-state index contributed by atoms with van der Waals surface area (Å²) < 4.78 is 17.4. The summed E-state index contributed by atoms with van der Waals surface area (Å²) >= 11 is 6.14. The summed E-state index contributed by atoms with van der Waals surface area (Å²) in [5, 5.41) is 0. The molecule has 0 radical (unpaired) electrons. The molecule has 0 aromatic carbocycles. The smallest absolute Gasteiger partial charge is 0.377 e. The Labute approximate surface area is 201 Å². The van der Waals surface area contributed by atoms with Crippen molar-refractivity contribution in [2.24, 2.45) is 5.92 Å². The number of halogens is 1. The molecule has 2 atom stereocenters. The van der Waals surface area contributed by atoms with Crippen molar-refractivity contribution < 1.29 is 13.3 Å². The van der Waals surface area contributed by atoms with Crippen molar-refractivity contribution >= 4 is 20.4 Å². The maximum Gasteiger partial charge on any atom is 0.503 e. The molecule has 188 valence electrons. The van der Waals surface area contributed by atoms with Gasteiger partial charge in [-0.3, -0.25) is 0 Å². The fourth-order valence-corrected chi connectivity index (χ4v) is 8.14. The quantitative estimate of drug-likeness (QED) is 0.0785. The lowest BCUT2D eigenvalue weighted by molar-refractivity contribution is 0.0979. The normalized spacial score (nSPS) is 14.1. The molecule has 0 aliphatic rings. The number of hydrogen-bond donors (Lipinski definition) is 0. The summed E-state index contributed by atoms with van der Waals surface area (Å²) in [6.45, 7) is 4.51. The lowest BCUT2D eigenvalue weighted by Crippen LogP contribution is -2.50. The van der Waals surface area contributed by atoms with E-state index in [1.54, 1.807) is 21.3 Å². The van der Waals surface area contributed by atoms with E-state index in [1.165, 1.54) is 103 Å². The van der Waals surface area contributed by atoms with Crippen molar-refractivity contribution in [2.45, 2.75) is 135 Å². The minimum absolute atomic E-state index is 0.331. The topological polar surface area (TPSA) is 27.7 Å². The van der Waals surface area contributed by atoms with Gasteiger partial charge in [-0.2, -0.15) is 0 Å². The van der Waals surface area contributed by atoms with Crippen LogP contribution in [0.2, 0.25) is 5.54 Å². The zero-order valence-electron chi connectivity index (χ0n) is 21.7. The van der Waals surface area contributed by atoms with E-state index < -0.39 is 8.80 Å². The van der Waals surface area contributed by atoms with Crippen molar-refractivity contribution in [1.29, 1.82) is 0 Å². The van der Waals surface area contributed by atoms with E-state index in [1.807, 2.05) is 0 Å². The van der Waals surface area contributed by atoms with Crippen LogP contribution < -0.4 is 0 Å². The zero-order valence-corrected chi connectivity index (χ0v) is 23.4. The monoisotopic (exact) mass is 478 g/mol. The first-order chi connectivity index (χ1) is 15.2. The molecule has 0 saturated carbocycles. The van der Waals surface area contributed by atoms with E-state index in [2.05, 4.69) is 13.8 Å². The van der Waals surface area contributed by atoms with Crippen LogP contribution in [0.25, 0.3) is 0 Å². The van der Waals surface area contributed by atoms with Gasteiger partial charge >= 0.3 is 8.80 Å². The SMILES string of the molecule is CCCCCCCCCCCCCCCCCC(CCCl)C(CC)[Si](OC)(OC)OC. The second-order valence-electron chi connectivity index (χ2n) is 9.21. The first kappa shape index (κ1) is 31.4. The van der Waals surface area contributed by atoms with Crippen LogP contribution in [0.5, 0.6) is 0 Å². The van der Waals surface area contributed by atoms with Crippen LogP contribution in [0.1, 0.15) is 129 Å². The Balaban J connectivity index is 3.88. The standard InChI is InChI=1S/C26H55ClO3Si/c1-6-8-9-10-11-12-13-14-15-16-17-18-19-20-21-22-25(23-24-27)26(7-2)31(28-3,29-4)30-5/h25-26H,6-24H2,1-5H3. The lowest BCUT2D eigenvalue weighted by atomic mass is 9.93. The van der Waals surface area contributed by atoms with Gasteiger partial charge in [0.2, 0.25) is 0 Å². The highest BCUT2D eigenvalue weighted by Crippen LogP contribution is 2.39. The van der Waals surface area contributed by atoms with Gasteiger partial charge in [-0.1, -0.05) is 117 Å². The predicted octanol–water partition coefficient (Wildman–Crippen LogP) is 9.15. The lowest BCUT2D eigenvalue weighted by Gasteiger charge is -2.37. The summed E-state index contributed by atoms with van der Waals surface area (Å²) in [4.78, 5) is 0. The van der Waals surface area contributed by atoms with E-state index in [4.69, 9.17) is 24.9 Å². The van der Waals surface area contributed by atoms with Gasteiger partial charge in [0.1, 0.15) is 0 Å². The summed E-state index contributed by atoms with van der Waals surface area (Å²) in [6.07, 6.45) is 24.3. The first-order valence-electron chi connectivity index (χ1n) is 13.4. The minimum atomic E-state index is -2.61. The minimum Gasteiger partial charge on any atom is -0.377 e. The molecule has 2 unspecified atom stereocenters. The molecular formula is C26H55ClO3Si. The number of alkyl halides is 1. The number of rotatable bonds is 24. The number of hydrogen-bond acceptors (Lipinski definition) is 3. The Morgan fingerprint density at radius 2 is 0.968 bits per heavy atom. The molecular weight excluding hydrogens is 424 g/mol. The van der Waals surface area contributed by atoms with Gasteiger partial charge in [0.05, 0.1) is 0 Å². The van der Waals surface area contributed by atoms with Crippen LogP contribution in [-0.4, -0.2) is 36.0 Å². The number of unbranched alkanes of at least 4 members (excludes halogenated alkanes) is 14. The Hall–Kier alpha value is 0.387. The van der Waals surface area contributed by atoms with Crippen LogP contribution in [0.15, 0.2) is 0 Å². The Bertz CT molecular complexity index is 358. The molecule has 3 nitrogen and oxygen atoms in total. The van der Waals surface area contributed by atoms with Crippen LogP contribution in [0.3, 0.4) is 0 Å². The molecule has 0 saturated heterocycles. The molecule has 0 aliphatic carbocycles. The zero-order chi connectivity index (χ0) is 23.2. The van der Waals surface area contributed by atoms with Crippen molar-refractivity contribution in [2.75, 3.05) is 27.2 Å². The van der Waals surface area contributed by atoms with Crippen LogP contribution in [0.4, 0.5) is 0 Å². The Morgan fingerprint density at radius 3 is 1.29 bits per heavy atom. The van der Waals surface area contributed by atoms with E-state index in [0.717, 1.165) is 12.8 Å². The van der Waals surface area contributed by atoms with E-state index in [-0.39, 0.29) is 0 Å². The molecule has 0 bridgehead atoms. The van der Waals surface area contributed by atoms with Crippen molar-refractivity contribution in [3.05, 3.63) is 0 Å². The van der Waals surface area contributed by atoms with Crippen LogP contribution in [-0.2, 0) is 13.3 Å². The summed E-state index contributed by atoms with van der Waals surface area (Å²) in [7, 11) is 2.57. The van der Waals surface area contributed by atoms with Gasteiger partial charge in [0.25, 0.3) is 0 Å². The van der Waals surface area contributed by atoms with Crippen molar-refractivity contribution in [3.63, 3.8) is 0 Å². The third-order valence-electron chi connectivity index (χ3n) is 6.97. The highest BCUT2D eigenvalue weighted by Gasteiger charge is 2.49. The molecule has 0 heterocycles. The summed E-state index contributed by atoms with van der Waals surface area (Å²) in [5.74, 6) is 1.22. The van der Waals surface area contributed by atoms with Crippen molar-refractivity contribution in [1.82, 2.24) is 0 Å². The molecule has 0 rings (SSSR count). The first-order valence-corrected chi connectivity index (χ1v) is 15.7. The maximum absolute atomic E-state index is 6.14. The second kappa shape index (κ2) is 22.2. The third kappa shape index (κ3) is 14.3. The average molecular weight is 479 g/mol. The Morgan fingerprint density at radius 1 is 0.581 bits per heavy atom. The molecule has 0 amide bonds. The summed E-state index contributed by atoms with van der Waals surface area (Å²) in [6, 6.07) is 0. The fourth-order valence-electron chi connectivity index (χ4n) is 5.04. The highest BCUT2D eigenvalue weighted by molar-refractivity contribution is 6.62. The fraction of sp³-hybridized carbons (Fsp3) is 1.00. The molecule has 0 N–H and O–H groups in total.